The van der Waals surface area contributed by atoms with Gasteiger partial charge in [-0.25, -0.2) is 8.42 Å². The van der Waals surface area contributed by atoms with E-state index in [4.69, 9.17) is 9.47 Å². The lowest BCUT2D eigenvalue weighted by Crippen LogP contribution is -2.48. The second-order valence-corrected chi connectivity index (χ2v) is 10.00. The summed E-state index contributed by atoms with van der Waals surface area (Å²) in [6.07, 6.45) is -0.284. The summed E-state index contributed by atoms with van der Waals surface area (Å²) in [6, 6.07) is 4.38. The molecule has 0 radical (unpaired) electrons. The summed E-state index contributed by atoms with van der Waals surface area (Å²) in [4.78, 5) is 28.7. The number of likely N-dealkylation sites (N-methyl/N-ethyl adjacent to an activating group) is 1. The highest BCUT2D eigenvalue weighted by Gasteiger charge is 2.29. The number of anilines is 1. The van der Waals surface area contributed by atoms with E-state index in [2.05, 4.69) is 4.72 Å². The van der Waals surface area contributed by atoms with Crippen LogP contribution in [0.4, 0.5) is 5.69 Å². The van der Waals surface area contributed by atoms with Crippen LogP contribution in [-0.4, -0.2) is 81.8 Å². The Hall–Kier alpha value is -2.33. The SMILES string of the molecule is CCS(=O)(=O)Nc1ccc2c(c1)C(=O)N(C)C[C@@H](OC)[C@H](C)CN(C(C)=O)[C@@H](C)CO2. The van der Waals surface area contributed by atoms with Crippen molar-refractivity contribution in [1.82, 2.24) is 9.80 Å². The predicted molar refractivity (Wildman–Crippen MR) is 119 cm³/mol. The van der Waals surface area contributed by atoms with Gasteiger partial charge in [0.05, 0.1) is 23.5 Å². The first kappa shape index (κ1) is 24.9. The van der Waals surface area contributed by atoms with E-state index in [1.54, 1.807) is 31.2 Å². The summed E-state index contributed by atoms with van der Waals surface area (Å²) in [6.45, 7) is 7.89. The molecule has 0 aromatic heterocycles. The van der Waals surface area contributed by atoms with E-state index in [-0.39, 0.29) is 53.5 Å². The summed E-state index contributed by atoms with van der Waals surface area (Å²) >= 11 is 0. The number of nitrogens with one attached hydrogen (secondary N) is 1. The van der Waals surface area contributed by atoms with Gasteiger partial charge in [0.15, 0.2) is 0 Å². The Morgan fingerprint density at radius 1 is 1.29 bits per heavy atom. The van der Waals surface area contributed by atoms with Gasteiger partial charge in [0.2, 0.25) is 15.9 Å². The largest absolute Gasteiger partial charge is 0.491 e. The topological polar surface area (TPSA) is 105 Å². The Morgan fingerprint density at radius 2 is 1.97 bits per heavy atom. The maximum atomic E-state index is 13.2. The number of amides is 2. The molecule has 1 aromatic rings. The molecule has 0 saturated heterocycles. The van der Waals surface area contributed by atoms with Crippen LogP contribution in [0.5, 0.6) is 5.75 Å². The third kappa shape index (κ3) is 6.33. The first-order valence-corrected chi connectivity index (χ1v) is 12.0. The number of sulfonamides is 1. The molecule has 0 aliphatic carbocycles. The fourth-order valence-corrected chi connectivity index (χ4v) is 4.16. The Labute approximate surface area is 184 Å². The molecule has 0 spiro atoms. The quantitative estimate of drug-likeness (QED) is 0.742. The van der Waals surface area contributed by atoms with Crippen molar-refractivity contribution in [2.45, 2.75) is 39.8 Å². The molecule has 2 rings (SSSR count). The lowest BCUT2D eigenvalue weighted by Gasteiger charge is -2.35. The van der Waals surface area contributed by atoms with E-state index in [9.17, 15) is 18.0 Å². The van der Waals surface area contributed by atoms with Gasteiger partial charge in [-0.1, -0.05) is 6.92 Å². The smallest absolute Gasteiger partial charge is 0.257 e. The molecular formula is C21H33N3O6S. The number of fused-ring (bicyclic) bond motifs is 1. The van der Waals surface area contributed by atoms with Gasteiger partial charge < -0.3 is 19.3 Å². The zero-order valence-electron chi connectivity index (χ0n) is 19.0. The van der Waals surface area contributed by atoms with Crippen molar-refractivity contribution < 1.29 is 27.5 Å². The molecule has 1 aliphatic heterocycles. The molecular weight excluding hydrogens is 422 g/mol. The van der Waals surface area contributed by atoms with E-state index >= 15 is 0 Å². The molecule has 1 aromatic carbocycles. The number of ether oxygens (including phenoxy) is 2. The fourth-order valence-electron chi connectivity index (χ4n) is 3.53. The Balaban J connectivity index is 2.48. The van der Waals surface area contributed by atoms with Gasteiger partial charge in [-0.15, -0.1) is 0 Å². The molecule has 9 nitrogen and oxygen atoms in total. The van der Waals surface area contributed by atoms with E-state index in [0.29, 0.717) is 18.8 Å². The zero-order chi connectivity index (χ0) is 23.3. The third-order valence-corrected chi connectivity index (χ3v) is 6.81. The third-order valence-electron chi connectivity index (χ3n) is 5.50. The molecule has 1 aliphatic rings. The van der Waals surface area contributed by atoms with Gasteiger partial charge in [-0.05, 0) is 32.0 Å². The number of carbonyl (C=O) groups is 2. The van der Waals surface area contributed by atoms with Crippen molar-refractivity contribution in [2.24, 2.45) is 5.92 Å². The standard InChI is InChI=1S/C21H33N3O6S/c1-7-31(27,28)22-17-8-9-19-18(10-17)21(26)23(5)12-20(29-6)14(2)11-24(16(4)25)15(3)13-30-19/h8-10,14-15,20,22H,7,11-13H2,1-6H3/t14-,15+,20-/m1/s1. The molecule has 2 amide bonds. The molecule has 1 heterocycles. The second kappa shape index (κ2) is 10.3. The molecule has 31 heavy (non-hydrogen) atoms. The molecule has 0 saturated carbocycles. The van der Waals surface area contributed by atoms with Gasteiger partial charge in [-0.2, -0.15) is 0 Å². The minimum atomic E-state index is -3.50. The number of benzene rings is 1. The lowest BCUT2D eigenvalue weighted by atomic mass is 10.0. The van der Waals surface area contributed by atoms with Crippen LogP contribution in [0, 0.1) is 5.92 Å². The van der Waals surface area contributed by atoms with Crippen molar-refractivity contribution in [3.63, 3.8) is 0 Å². The van der Waals surface area contributed by atoms with Crippen molar-refractivity contribution in [1.29, 1.82) is 0 Å². The van der Waals surface area contributed by atoms with Crippen LogP contribution in [0.15, 0.2) is 18.2 Å². The zero-order valence-corrected chi connectivity index (χ0v) is 19.9. The Morgan fingerprint density at radius 3 is 2.55 bits per heavy atom. The average Bonchev–Trinajstić information content (AvgIpc) is 2.72. The van der Waals surface area contributed by atoms with Crippen LogP contribution in [0.3, 0.4) is 0 Å². The average molecular weight is 456 g/mol. The van der Waals surface area contributed by atoms with Gasteiger partial charge in [0.1, 0.15) is 12.4 Å². The van der Waals surface area contributed by atoms with E-state index in [1.807, 2.05) is 13.8 Å². The van der Waals surface area contributed by atoms with Gasteiger partial charge >= 0.3 is 0 Å². The molecule has 1 N–H and O–H groups in total. The highest BCUT2D eigenvalue weighted by molar-refractivity contribution is 7.92. The molecule has 0 fully saturated rings. The van der Waals surface area contributed by atoms with Crippen molar-refractivity contribution in [3.8, 4) is 5.75 Å². The Kier molecular flexibility index (Phi) is 8.30. The number of rotatable bonds is 4. The lowest BCUT2D eigenvalue weighted by molar-refractivity contribution is -0.133. The van der Waals surface area contributed by atoms with Crippen LogP contribution >= 0.6 is 0 Å². The number of nitrogens with zero attached hydrogens (tertiary/aromatic N) is 2. The van der Waals surface area contributed by atoms with Crippen molar-refractivity contribution in [3.05, 3.63) is 23.8 Å². The second-order valence-electron chi connectivity index (χ2n) is 7.98. The summed E-state index contributed by atoms with van der Waals surface area (Å²) in [7, 11) is -0.253. The van der Waals surface area contributed by atoms with E-state index in [0.717, 1.165) is 0 Å². The van der Waals surface area contributed by atoms with E-state index < -0.39 is 10.0 Å². The molecule has 0 unspecified atom stereocenters. The highest BCUT2D eigenvalue weighted by atomic mass is 32.2. The summed E-state index contributed by atoms with van der Waals surface area (Å²) in [5.74, 6) is -0.148. The summed E-state index contributed by atoms with van der Waals surface area (Å²) < 4.78 is 37.9. The maximum Gasteiger partial charge on any atom is 0.257 e. The van der Waals surface area contributed by atoms with Crippen LogP contribution in [0.2, 0.25) is 0 Å². The molecule has 3 atom stereocenters. The molecule has 174 valence electrons. The van der Waals surface area contributed by atoms with Gasteiger partial charge in [0.25, 0.3) is 5.91 Å². The predicted octanol–water partition coefficient (Wildman–Crippen LogP) is 1.80. The van der Waals surface area contributed by atoms with Crippen molar-refractivity contribution >= 4 is 27.5 Å². The monoisotopic (exact) mass is 455 g/mol. The van der Waals surface area contributed by atoms with Crippen LogP contribution < -0.4 is 9.46 Å². The first-order chi connectivity index (χ1) is 14.5. The van der Waals surface area contributed by atoms with Crippen LogP contribution in [0.1, 0.15) is 38.1 Å². The summed E-state index contributed by atoms with van der Waals surface area (Å²) in [5.41, 5.74) is 0.525. The number of carbonyl (C=O) groups excluding carboxylic acids is 2. The first-order valence-electron chi connectivity index (χ1n) is 10.3. The highest BCUT2D eigenvalue weighted by Crippen LogP contribution is 2.27. The number of hydrogen-bond acceptors (Lipinski definition) is 6. The van der Waals surface area contributed by atoms with Crippen LogP contribution in [0.25, 0.3) is 0 Å². The normalized spacial score (nSPS) is 23.3. The minimum absolute atomic E-state index is 0.0202. The minimum Gasteiger partial charge on any atom is -0.491 e. The summed E-state index contributed by atoms with van der Waals surface area (Å²) in [5, 5.41) is 0. The van der Waals surface area contributed by atoms with E-state index in [1.165, 1.54) is 24.8 Å². The number of hydrogen-bond donors (Lipinski definition) is 1. The fraction of sp³-hybridized carbons (Fsp3) is 0.619. The van der Waals surface area contributed by atoms with Crippen LogP contribution in [-0.2, 0) is 19.6 Å². The van der Waals surface area contributed by atoms with Gasteiger partial charge in [0, 0.05) is 45.8 Å². The molecule has 0 bridgehead atoms. The van der Waals surface area contributed by atoms with Gasteiger partial charge in [-0.3, -0.25) is 14.3 Å². The Bertz CT molecular complexity index is 904. The maximum absolute atomic E-state index is 13.2. The van der Waals surface area contributed by atoms with Crippen molar-refractivity contribution in [2.75, 3.05) is 44.3 Å². The number of methoxy groups -OCH3 is 1. The molecule has 10 heteroatoms.